The summed E-state index contributed by atoms with van der Waals surface area (Å²) in [6, 6.07) is 0. The van der Waals surface area contributed by atoms with E-state index in [2.05, 4.69) is 18.7 Å². The van der Waals surface area contributed by atoms with Gasteiger partial charge in [-0.25, -0.2) is 0 Å². The van der Waals surface area contributed by atoms with E-state index in [1.807, 2.05) is 6.08 Å². The van der Waals surface area contributed by atoms with E-state index in [1.165, 1.54) is 0 Å². The second-order valence-electron chi connectivity index (χ2n) is 6.92. The Hall–Kier alpha value is -2.11. The van der Waals surface area contributed by atoms with Gasteiger partial charge < -0.3 is 15.3 Å². The normalized spacial score (nSPS) is 12.3. The first-order valence-electron chi connectivity index (χ1n) is 9.83. The van der Waals surface area contributed by atoms with Gasteiger partial charge in [-0.15, -0.1) is 6.58 Å². The average Bonchev–Trinajstić information content (AvgIpc) is 2.60. The quantitative estimate of drug-likeness (QED) is 0.177. The minimum absolute atomic E-state index is 0.176. The summed E-state index contributed by atoms with van der Waals surface area (Å²) in [4.78, 5) is 32.0. The second kappa shape index (κ2) is 16.1. The lowest BCUT2D eigenvalue weighted by atomic mass is 9.95. The van der Waals surface area contributed by atoms with Gasteiger partial charge in [-0.3, -0.25) is 14.4 Å². The predicted molar refractivity (Wildman–Crippen MR) is 105 cm³/mol. The van der Waals surface area contributed by atoms with E-state index in [1.54, 1.807) is 0 Å². The molecule has 6 nitrogen and oxygen atoms in total. The number of carboxylic acid groups (broad SMARTS) is 3. The zero-order valence-electron chi connectivity index (χ0n) is 16.1. The topological polar surface area (TPSA) is 112 Å². The van der Waals surface area contributed by atoms with Crippen LogP contribution in [0.5, 0.6) is 0 Å². The van der Waals surface area contributed by atoms with Crippen LogP contribution in [0.25, 0.3) is 0 Å². The van der Waals surface area contributed by atoms with Crippen molar-refractivity contribution in [3.8, 4) is 0 Å². The Kier molecular flexibility index (Phi) is 14.8. The van der Waals surface area contributed by atoms with E-state index in [0.29, 0.717) is 12.3 Å². The van der Waals surface area contributed by atoms with Gasteiger partial charge in [-0.05, 0) is 44.4 Å². The highest BCUT2D eigenvalue weighted by atomic mass is 16.4. The van der Waals surface area contributed by atoms with Gasteiger partial charge in [0.2, 0.25) is 0 Å². The molecule has 27 heavy (non-hydrogen) atoms. The van der Waals surface area contributed by atoms with Gasteiger partial charge in [-0.1, -0.05) is 50.3 Å². The molecule has 0 bridgehead atoms. The van der Waals surface area contributed by atoms with Gasteiger partial charge >= 0.3 is 17.9 Å². The van der Waals surface area contributed by atoms with Crippen LogP contribution in [-0.4, -0.2) is 33.2 Å². The molecular formula is C21H34O6. The molecule has 0 saturated heterocycles. The van der Waals surface area contributed by atoms with E-state index >= 15 is 0 Å². The lowest BCUT2D eigenvalue weighted by molar-refractivity contribution is -0.154. The van der Waals surface area contributed by atoms with Crippen LogP contribution in [-0.2, 0) is 14.4 Å². The third-order valence-electron chi connectivity index (χ3n) is 4.61. The zero-order valence-corrected chi connectivity index (χ0v) is 16.1. The van der Waals surface area contributed by atoms with E-state index in [4.69, 9.17) is 15.3 Å². The van der Waals surface area contributed by atoms with Crippen LogP contribution in [0.3, 0.4) is 0 Å². The molecule has 0 amide bonds. The number of aliphatic carboxylic acids is 3. The van der Waals surface area contributed by atoms with E-state index in [0.717, 1.165) is 57.8 Å². The summed E-state index contributed by atoms with van der Waals surface area (Å²) in [5, 5.41) is 26.2. The first-order valence-corrected chi connectivity index (χ1v) is 9.83. The van der Waals surface area contributed by atoms with E-state index in [9.17, 15) is 14.4 Å². The summed E-state index contributed by atoms with van der Waals surface area (Å²) in [5.74, 6) is -4.18. The minimum Gasteiger partial charge on any atom is -0.481 e. The molecule has 0 fully saturated rings. The Morgan fingerprint density at radius 3 is 1.96 bits per heavy atom. The smallest absolute Gasteiger partial charge is 0.317 e. The molecule has 0 aromatic carbocycles. The molecular weight excluding hydrogens is 348 g/mol. The molecule has 0 aromatic rings. The Balaban J connectivity index is 3.74. The number of allylic oxidation sites excluding steroid dienone is 3. The molecule has 0 aromatic heterocycles. The van der Waals surface area contributed by atoms with Gasteiger partial charge in [0.05, 0.1) is 0 Å². The van der Waals surface area contributed by atoms with Gasteiger partial charge in [-0.2, -0.15) is 0 Å². The molecule has 0 spiro atoms. The van der Waals surface area contributed by atoms with Crippen LogP contribution in [0.15, 0.2) is 24.8 Å². The summed E-state index contributed by atoms with van der Waals surface area (Å²) < 4.78 is 0. The van der Waals surface area contributed by atoms with Crippen molar-refractivity contribution in [2.75, 3.05) is 0 Å². The summed E-state index contributed by atoms with van der Waals surface area (Å²) >= 11 is 0. The Labute approximate surface area is 162 Å². The van der Waals surface area contributed by atoms with Crippen molar-refractivity contribution >= 4 is 17.9 Å². The van der Waals surface area contributed by atoms with Gasteiger partial charge in [0.1, 0.15) is 0 Å². The first kappa shape index (κ1) is 24.9. The SMILES string of the molecule is C=CC(CC=CCCCCCCC(=O)O)CCCCCC(C(=O)O)C(=O)O. The van der Waals surface area contributed by atoms with Crippen LogP contribution in [0.1, 0.15) is 77.0 Å². The molecule has 0 saturated carbocycles. The fraction of sp³-hybridized carbons (Fsp3) is 0.667. The fourth-order valence-electron chi connectivity index (χ4n) is 2.90. The number of hydrogen-bond donors (Lipinski definition) is 3. The highest BCUT2D eigenvalue weighted by Crippen LogP contribution is 2.18. The van der Waals surface area contributed by atoms with Crippen LogP contribution in [0.4, 0.5) is 0 Å². The average molecular weight is 382 g/mol. The maximum Gasteiger partial charge on any atom is 0.317 e. The molecule has 0 radical (unpaired) electrons. The maximum absolute atomic E-state index is 10.8. The van der Waals surface area contributed by atoms with Crippen molar-refractivity contribution in [2.45, 2.75) is 77.0 Å². The number of carboxylic acids is 3. The lowest BCUT2D eigenvalue weighted by Gasteiger charge is -2.10. The fourth-order valence-corrected chi connectivity index (χ4v) is 2.90. The minimum atomic E-state index is -1.30. The van der Waals surface area contributed by atoms with Crippen LogP contribution in [0, 0.1) is 11.8 Å². The molecule has 6 heteroatoms. The van der Waals surface area contributed by atoms with Crippen molar-refractivity contribution in [2.24, 2.45) is 11.8 Å². The molecule has 0 aliphatic carbocycles. The molecule has 1 atom stereocenters. The largest absolute Gasteiger partial charge is 0.481 e. The Morgan fingerprint density at radius 1 is 0.778 bits per heavy atom. The van der Waals surface area contributed by atoms with Crippen LogP contribution >= 0.6 is 0 Å². The van der Waals surface area contributed by atoms with Gasteiger partial charge in [0.25, 0.3) is 0 Å². The van der Waals surface area contributed by atoms with Crippen LogP contribution < -0.4 is 0 Å². The third kappa shape index (κ3) is 14.7. The standard InChI is InChI=1S/C21H34O6/c1-2-17(13-9-6-4-3-5-7-12-16-19(22)23)14-10-8-11-15-18(20(24)25)21(26)27/h2,6,9,17-18H,1,3-5,7-8,10-16H2,(H,22,23)(H,24,25)(H,26,27). The summed E-state index contributed by atoms with van der Waals surface area (Å²) in [6.45, 7) is 3.86. The zero-order chi connectivity index (χ0) is 20.5. The highest BCUT2D eigenvalue weighted by Gasteiger charge is 2.24. The number of unbranched alkanes of at least 4 members (excludes halogenated alkanes) is 6. The number of hydrogen-bond acceptors (Lipinski definition) is 3. The van der Waals surface area contributed by atoms with Crippen molar-refractivity contribution < 1.29 is 29.7 Å². The summed E-state index contributed by atoms with van der Waals surface area (Å²) in [6.07, 6.45) is 15.8. The van der Waals surface area contributed by atoms with Crippen molar-refractivity contribution in [3.05, 3.63) is 24.8 Å². The molecule has 1 unspecified atom stereocenters. The van der Waals surface area contributed by atoms with Crippen molar-refractivity contribution in [1.29, 1.82) is 0 Å². The number of rotatable bonds is 18. The molecule has 154 valence electrons. The maximum atomic E-state index is 10.8. The molecule has 3 N–H and O–H groups in total. The van der Waals surface area contributed by atoms with Gasteiger partial charge in [0.15, 0.2) is 5.92 Å². The Morgan fingerprint density at radius 2 is 1.37 bits per heavy atom. The van der Waals surface area contributed by atoms with Crippen LogP contribution in [0.2, 0.25) is 0 Å². The highest BCUT2D eigenvalue weighted by molar-refractivity contribution is 5.92. The molecule has 0 aliphatic heterocycles. The monoisotopic (exact) mass is 382 g/mol. The molecule has 0 aliphatic rings. The molecule has 0 heterocycles. The predicted octanol–water partition coefficient (Wildman–Crippen LogP) is 4.90. The lowest BCUT2D eigenvalue weighted by Crippen LogP contribution is -2.23. The molecule has 0 rings (SSSR count). The summed E-state index contributed by atoms with van der Waals surface area (Å²) in [7, 11) is 0. The third-order valence-corrected chi connectivity index (χ3v) is 4.61. The second-order valence-corrected chi connectivity index (χ2v) is 6.92. The van der Waals surface area contributed by atoms with E-state index < -0.39 is 23.8 Å². The van der Waals surface area contributed by atoms with Crippen molar-refractivity contribution in [3.63, 3.8) is 0 Å². The van der Waals surface area contributed by atoms with Crippen molar-refractivity contribution in [1.82, 2.24) is 0 Å². The summed E-state index contributed by atoms with van der Waals surface area (Å²) in [5.41, 5.74) is 0. The van der Waals surface area contributed by atoms with E-state index in [-0.39, 0.29) is 12.8 Å². The van der Waals surface area contributed by atoms with Gasteiger partial charge in [0, 0.05) is 6.42 Å². The first-order chi connectivity index (χ1) is 12.9. The Bertz CT molecular complexity index is 469. The number of carbonyl (C=O) groups is 3.